The van der Waals surface area contributed by atoms with Crippen molar-refractivity contribution in [1.82, 2.24) is 5.32 Å². The van der Waals surface area contributed by atoms with Crippen molar-refractivity contribution in [2.24, 2.45) is 0 Å². The molecular weight excluding hydrogens is 330 g/mol. The standard InChI is InChI=1S/C16H12N3O6/c20-15(9-11-5-1-3-7-13(11)18(22)23)17-16(21)10-12-6-2-4-8-14(12)19(24)25/h1-8H,9-10H2. The van der Waals surface area contributed by atoms with Crippen LogP contribution in [0.5, 0.6) is 0 Å². The Morgan fingerprint density at radius 3 is 1.48 bits per heavy atom. The van der Waals surface area contributed by atoms with E-state index in [1.54, 1.807) is 0 Å². The maximum atomic E-state index is 11.9. The number of nitrogens with zero attached hydrogens (tertiary/aromatic N) is 3. The molecule has 2 rings (SSSR count). The number of para-hydroxylation sites is 2. The normalized spacial score (nSPS) is 10.1. The molecule has 9 nitrogen and oxygen atoms in total. The average Bonchev–Trinajstić information content (AvgIpc) is 2.55. The zero-order chi connectivity index (χ0) is 18.4. The van der Waals surface area contributed by atoms with E-state index in [9.17, 15) is 29.8 Å². The highest BCUT2D eigenvalue weighted by atomic mass is 16.6. The third-order valence-corrected chi connectivity index (χ3v) is 3.31. The van der Waals surface area contributed by atoms with Crippen molar-refractivity contribution in [2.75, 3.05) is 0 Å². The van der Waals surface area contributed by atoms with Crippen LogP contribution in [0.4, 0.5) is 11.4 Å². The third kappa shape index (κ3) is 4.67. The van der Waals surface area contributed by atoms with Gasteiger partial charge in [-0.3, -0.25) is 29.8 Å². The topological polar surface area (TPSA) is 135 Å². The van der Waals surface area contributed by atoms with Crippen molar-refractivity contribution < 1.29 is 19.4 Å². The van der Waals surface area contributed by atoms with Crippen molar-refractivity contribution in [1.29, 1.82) is 0 Å². The molecule has 127 valence electrons. The van der Waals surface area contributed by atoms with Gasteiger partial charge in [0, 0.05) is 23.3 Å². The lowest BCUT2D eigenvalue weighted by Crippen LogP contribution is -2.26. The second-order valence-electron chi connectivity index (χ2n) is 5.02. The largest absolute Gasteiger partial charge is 0.273 e. The Hall–Kier alpha value is -3.62. The number of imide groups is 1. The molecule has 0 fully saturated rings. The van der Waals surface area contributed by atoms with Crippen LogP contribution in [-0.4, -0.2) is 21.7 Å². The fraction of sp³-hybridized carbons (Fsp3) is 0.125. The molecule has 0 heterocycles. The van der Waals surface area contributed by atoms with E-state index in [0.29, 0.717) is 0 Å². The summed E-state index contributed by atoms with van der Waals surface area (Å²) >= 11 is 0. The lowest BCUT2D eigenvalue weighted by Gasteiger charge is -2.03. The Balaban J connectivity index is 2.03. The molecule has 1 radical (unpaired) electrons. The highest BCUT2D eigenvalue weighted by Gasteiger charge is 2.20. The molecule has 0 aliphatic heterocycles. The van der Waals surface area contributed by atoms with E-state index in [-0.39, 0.29) is 22.5 Å². The van der Waals surface area contributed by atoms with E-state index in [0.717, 1.165) is 0 Å². The molecule has 25 heavy (non-hydrogen) atoms. The number of nitro groups is 2. The molecule has 0 saturated heterocycles. The number of hydrogen-bond donors (Lipinski definition) is 0. The van der Waals surface area contributed by atoms with Crippen LogP contribution in [0.3, 0.4) is 0 Å². The van der Waals surface area contributed by atoms with Gasteiger partial charge in [0.2, 0.25) is 0 Å². The molecule has 0 spiro atoms. The van der Waals surface area contributed by atoms with Crippen molar-refractivity contribution >= 4 is 23.2 Å². The SMILES string of the molecule is O=C(Cc1ccccc1[N+](=O)[O-])[N]C(=O)Cc1ccccc1[N+](=O)[O-]. The Bertz CT molecular complexity index is 780. The molecule has 0 bridgehead atoms. The summed E-state index contributed by atoms with van der Waals surface area (Å²) in [6, 6.07) is 11.3. The summed E-state index contributed by atoms with van der Waals surface area (Å²) in [5, 5.41) is 25.1. The molecule has 0 saturated carbocycles. The molecule has 2 amide bonds. The van der Waals surface area contributed by atoms with Crippen LogP contribution in [0.25, 0.3) is 0 Å². The fourth-order valence-corrected chi connectivity index (χ4v) is 2.22. The smallest absolute Gasteiger partial charge is 0.272 e. The lowest BCUT2D eigenvalue weighted by atomic mass is 10.1. The molecular formula is C16H12N3O6. The fourth-order valence-electron chi connectivity index (χ4n) is 2.22. The quantitative estimate of drug-likeness (QED) is 0.581. The Morgan fingerprint density at radius 1 is 0.760 bits per heavy atom. The zero-order valence-electron chi connectivity index (χ0n) is 12.8. The van der Waals surface area contributed by atoms with Gasteiger partial charge in [0.15, 0.2) is 0 Å². The van der Waals surface area contributed by atoms with E-state index < -0.39 is 34.5 Å². The molecule has 0 N–H and O–H groups in total. The molecule has 0 unspecified atom stereocenters. The zero-order valence-corrected chi connectivity index (χ0v) is 12.8. The first kappa shape index (κ1) is 17.7. The number of hydrogen-bond acceptors (Lipinski definition) is 6. The molecule has 9 heteroatoms. The Kier molecular flexibility index (Phi) is 5.51. The maximum absolute atomic E-state index is 11.9. The number of benzene rings is 2. The molecule has 2 aromatic rings. The summed E-state index contributed by atoms with van der Waals surface area (Å²) < 4.78 is 0. The first-order valence-corrected chi connectivity index (χ1v) is 7.10. The van der Waals surface area contributed by atoms with Crippen LogP contribution in [0.2, 0.25) is 0 Å². The number of nitro benzene ring substituents is 2. The number of amides is 2. The second kappa shape index (κ2) is 7.77. The van der Waals surface area contributed by atoms with Crippen molar-refractivity contribution in [3.63, 3.8) is 0 Å². The first-order chi connectivity index (χ1) is 11.9. The van der Waals surface area contributed by atoms with E-state index >= 15 is 0 Å². The van der Waals surface area contributed by atoms with Crippen molar-refractivity contribution in [3.05, 3.63) is 79.9 Å². The number of rotatable bonds is 6. The summed E-state index contributed by atoms with van der Waals surface area (Å²) in [7, 11) is 0. The van der Waals surface area contributed by atoms with Gasteiger partial charge in [-0.1, -0.05) is 36.4 Å². The van der Waals surface area contributed by atoms with Crippen LogP contribution < -0.4 is 5.32 Å². The van der Waals surface area contributed by atoms with E-state index in [4.69, 9.17) is 0 Å². The van der Waals surface area contributed by atoms with Gasteiger partial charge in [0.05, 0.1) is 22.7 Å². The van der Waals surface area contributed by atoms with Gasteiger partial charge in [-0.15, -0.1) is 0 Å². The predicted molar refractivity (Wildman–Crippen MR) is 85.7 cm³/mol. The van der Waals surface area contributed by atoms with E-state index in [1.807, 2.05) is 0 Å². The van der Waals surface area contributed by atoms with Crippen LogP contribution in [0.1, 0.15) is 11.1 Å². The Labute approximate surface area is 141 Å². The number of carbonyl (C=O) groups is 2. The number of carbonyl (C=O) groups excluding carboxylic acids is 2. The lowest BCUT2D eigenvalue weighted by molar-refractivity contribution is -0.385. The van der Waals surface area contributed by atoms with Gasteiger partial charge >= 0.3 is 0 Å². The Morgan fingerprint density at radius 2 is 1.12 bits per heavy atom. The van der Waals surface area contributed by atoms with E-state index in [1.165, 1.54) is 48.5 Å². The van der Waals surface area contributed by atoms with Gasteiger partial charge in [-0.25, -0.2) is 0 Å². The molecule has 0 aliphatic rings. The second-order valence-corrected chi connectivity index (χ2v) is 5.02. The van der Waals surface area contributed by atoms with Crippen LogP contribution >= 0.6 is 0 Å². The van der Waals surface area contributed by atoms with Crippen molar-refractivity contribution in [3.8, 4) is 0 Å². The summed E-state index contributed by atoms with van der Waals surface area (Å²) in [6.45, 7) is 0. The van der Waals surface area contributed by atoms with E-state index in [2.05, 4.69) is 5.32 Å². The summed E-state index contributed by atoms with van der Waals surface area (Å²) in [4.78, 5) is 44.3. The highest BCUT2D eigenvalue weighted by molar-refractivity contribution is 5.97. The minimum absolute atomic E-state index is 0.139. The molecule has 2 aromatic carbocycles. The molecule has 0 aromatic heterocycles. The third-order valence-electron chi connectivity index (χ3n) is 3.31. The minimum Gasteiger partial charge on any atom is -0.272 e. The molecule has 0 aliphatic carbocycles. The first-order valence-electron chi connectivity index (χ1n) is 7.10. The van der Waals surface area contributed by atoms with Gasteiger partial charge < -0.3 is 0 Å². The van der Waals surface area contributed by atoms with Gasteiger partial charge in [0.25, 0.3) is 23.2 Å². The van der Waals surface area contributed by atoms with Gasteiger partial charge in [0.1, 0.15) is 0 Å². The summed E-state index contributed by atoms with van der Waals surface area (Å²) in [5.74, 6) is -1.70. The monoisotopic (exact) mass is 342 g/mol. The van der Waals surface area contributed by atoms with Crippen LogP contribution in [0, 0.1) is 20.2 Å². The minimum atomic E-state index is -0.849. The summed E-state index contributed by atoms with van der Waals surface area (Å²) in [6.07, 6.45) is -0.806. The summed E-state index contributed by atoms with van der Waals surface area (Å²) in [5.41, 5.74) is -0.200. The van der Waals surface area contributed by atoms with Gasteiger partial charge in [-0.05, 0) is 0 Å². The van der Waals surface area contributed by atoms with Crippen LogP contribution in [-0.2, 0) is 22.4 Å². The predicted octanol–water partition coefficient (Wildman–Crippen LogP) is 1.95. The van der Waals surface area contributed by atoms with Crippen molar-refractivity contribution in [2.45, 2.75) is 12.8 Å². The van der Waals surface area contributed by atoms with Gasteiger partial charge in [-0.2, -0.15) is 5.32 Å². The average molecular weight is 342 g/mol. The molecule has 0 atom stereocenters. The maximum Gasteiger partial charge on any atom is 0.273 e. The van der Waals surface area contributed by atoms with Crippen LogP contribution in [0.15, 0.2) is 48.5 Å². The highest BCUT2D eigenvalue weighted by Crippen LogP contribution is 2.19.